The number of carbonyl (C=O) groups is 1. The van der Waals surface area contributed by atoms with Gasteiger partial charge in [0.25, 0.3) is 21.6 Å². The predicted molar refractivity (Wildman–Crippen MR) is 257 cm³/mol. The molecule has 1 amide bonds. The van der Waals surface area contributed by atoms with Crippen LogP contribution in [0.25, 0.3) is 11.0 Å². The number of nitrogens with zero attached hydrogens (tertiary/aromatic N) is 5. The van der Waals surface area contributed by atoms with Crippen molar-refractivity contribution in [1.82, 2.24) is 19.6 Å². The number of ether oxygens (including phenoxy) is 2. The summed E-state index contributed by atoms with van der Waals surface area (Å²) in [6.45, 7) is 8.99. The quantitative estimate of drug-likeness (QED) is 0.0718. The van der Waals surface area contributed by atoms with Crippen molar-refractivity contribution in [2.75, 3.05) is 36.5 Å². The Bertz CT molecular complexity index is 2980. The number of aromatic amines is 1. The van der Waals surface area contributed by atoms with E-state index in [0.717, 1.165) is 63.6 Å². The van der Waals surface area contributed by atoms with Gasteiger partial charge in [0, 0.05) is 55.3 Å². The third kappa shape index (κ3) is 8.96. The van der Waals surface area contributed by atoms with Crippen molar-refractivity contribution in [3.63, 3.8) is 0 Å². The number of halogens is 1. The summed E-state index contributed by atoms with van der Waals surface area (Å²) in [5.74, 6) is -1.54. The molecule has 4 N–H and O–H groups in total. The van der Waals surface area contributed by atoms with Gasteiger partial charge in [0.1, 0.15) is 29.9 Å². The van der Waals surface area contributed by atoms with E-state index in [1.165, 1.54) is 36.1 Å². The largest absolute Gasteiger partial charge is 0.489 e. The summed E-state index contributed by atoms with van der Waals surface area (Å²) in [5.41, 5.74) is 2.21. The van der Waals surface area contributed by atoms with Crippen LogP contribution >= 0.6 is 0 Å². The number of H-pyrrole nitrogens is 1. The van der Waals surface area contributed by atoms with Crippen molar-refractivity contribution in [2.24, 2.45) is 11.3 Å². The number of hydrogen-bond acceptors (Lipinski definition) is 13. The number of sulfonamides is 1. The van der Waals surface area contributed by atoms with Crippen molar-refractivity contribution in [1.29, 1.82) is 5.26 Å². The average molecular weight is 961 g/mol. The number of amides is 1. The number of hydrogen-bond donors (Lipinski definition) is 4. The molecule has 0 bridgehead atoms. The summed E-state index contributed by atoms with van der Waals surface area (Å²) in [6, 6.07) is 19.6. The van der Waals surface area contributed by atoms with Gasteiger partial charge in [-0.25, -0.2) is 22.5 Å². The molecule has 1 spiro atoms. The second kappa shape index (κ2) is 17.9. The highest BCUT2D eigenvalue weighted by Crippen LogP contribution is 2.54. The summed E-state index contributed by atoms with van der Waals surface area (Å²) in [7, 11) is -4.78. The molecule has 5 aromatic rings. The van der Waals surface area contributed by atoms with Gasteiger partial charge in [0.2, 0.25) is 0 Å². The molecule has 16 nitrogen and oxygen atoms in total. The van der Waals surface area contributed by atoms with E-state index < -0.39 is 42.9 Å². The van der Waals surface area contributed by atoms with Crippen LogP contribution in [0, 0.1) is 38.6 Å². The number of nitro benzene ring substituents is 1. The first-order chi connectivity index (χ1) is 33.0. The van der Waals surface area contributed by atoms with E-state index >= 15 is 0 Å². The van der Waals surface area contributed by atoms with Gasteiger partial charge in [-0.2, -0.15) is 5.26 Å². The summed E-state index contributed by atoms with van der Waals surface area (Å²) in [6.07, 6.45) is 10.2. The molecule has 0 unspecified atom stereocenters. The number of nitriles is 1. The highest BCUT2D eigenvalue weighted by molar-refractivity contribution is 7.90. The van der Waals surface area contributed by atoms with Crippen molar-refractivity contribution >= 4 is 44.0 Å². The number of fused-ring (bicyclic) bond motifs is 2. The van der Waals surface area contributed by atoms with Crippen LogP contribution in [0.15, 0.2) is 71.8 Å². The maximum absolute atomic E-state index is 14.8. The average Bonchev–Trinajstić information content (AvgIpc) is 3.96. The van der Waals surface area contributed by atoms with Gasteiger partial charge in [-0.05, 0) is 124 Å². The second-order valence-electron chi connectivity index (χ2n) is 20.4. The Morgan fingerprint density at radius 3 is 2.54 bits per heavy atom. The van der Waals surface area contributed by atoms with Gasteiger partial charge in [-0.15, -0.1) is 0 Å². The Morgan fingerprint density at radius 1 is 1.06 bits per heavy atom. The van der Waals surface area contributed by atoms with Gasteiger partial charge < -0.3 is 29.8 Å². The van der Waals surface area contributed by atoms with E-state index in [1.807, 2.05) is 6.07 Å². The van der Waals surface area contributed by atoms with Crippen LogP contribution < -0.4 is 24.4 Å². The van der Waals surface area contributed by atoms with Gasteiger partial charge in [-0.1, -0.05) is 38.1 Å². The first-order valence-electron chi connectivity index (χ1n) is 24.0. The summed E-state index contributed by atoms with van der Waals surface area (Å²) in [4.78, 5) is 37.2. The fourth-order valence-electron chi connectivity index (χ4n) is 11.7. The molecule has 2 aromatic heterocycles. The fourth-order valence-corrected chi connectivity index (χ4v) is 12.7. The van der Waals surface area contributed by atoms with Crippen molar-refractivity contribution in [3.8, 4) is 23.3 Å². The molecule has 69 heavy (non-hydrogen) atoms. The summed E-state index contributed by atoms with van der Waals surface area (Å²) < 4.78 is 57.1. The number of nitro groups is 1. The molecule has 2 aliphatic carbocycles. The predicted octanol–water partition coefficient (Wildman–Crippen LogP) is 9.22. The molecule has 5 heterocycles. The lowest BCUT2D eigenvalue weighted by atomic mass is 9.59. The fraction of sp³-hybridized carbons (Fsp3) is 0.471. The van der Waals surface area contributed by atoms with E-state index in [1.54, 1.807) is 19.1 Å². The standard InChI is InChI=1S/C51H57FN8O8S/c1-30(2)35-7-4-5-8-36(35)42-9-6-18-59(42)33-25-51(26-33)16-19-58(20-17-51)32-10-11-37(44(21-32)68-45-24-38-39(52)28-54-48(38)56-40(45)27-53)49(61)57-69(65,66)34-22-43(60(63)64)47-46(23-34)67-29-41(55-47)31-12-14-50(3,62)15-13-31/h4-5,7-8,10-11,21-24,28,30-31,33,41-42,55,62H,6,9,12-20,25-26,29H2,1-3H3,(H,54,56)(H,57,61)/t31-,41-,42-,50-/m1/s1. The third-order valence-corrected chi connectivity index (χ3v) is 16.9. The zero-order valence-electron chi connectivity index (χ0n) is 39.0. The number of benzene rings is 3. The SMILES string of the molecule is CC(C)c1ccccc1[C@H]1CCCN1C1CC2(CCN(c3ccc(C(=O)NS(=O)(=O)c4cc5c(c([N+](=O)[O-])c4)N[C@@H]([C@H]4CC[C@](C)(O)CC4)CO5)c(Oc4cc5c(F)c[nH]c5nc4C#N)c3)CC2)C1. The Labute approximate surface area is 400 Å². The number of anilines is 2. The number of piperidine rings is 1. The zero-order chi connectivity index (χ0) is 48.4. The van der Waals surface area contributed by atoms with Crippen LogP contribution in [-0.2, 0) is 10.0 Å². The number of carbonyl (C=O) groups excluding carboxylic acids is 1. The molecule has 3 aromatic carbocycles. The summed E-state index contributed by atoms with van der Waals surface area (Å²) >= 11 is 0. The van der Waals surface area contributed by atoms with Crippen LogP contribution in [0.2, 0.25) is 0 Å². The third-order valence-electron chi connectivity index (χ3n) is 15.6. The maximum atomic E-state index is 14.8. The van der Waals surface area contributed by atoms with Crippen molar-refractivity contribution < 1.29 is 37.1 Å². The number of rotatable bonds is 11. The van der Waals surface area contributed by atoms with E-state index in [0.29, 0.717) is 49.4 Å². The molecular weight excluding hydrogens is 904 g/mol. The minimum Gasteiger partial charge on any atom is -0.489 e. The van der Waals surface area contributed by atoms with Gasteiger partial charge in [-0.3, -0.25) is 19.8 Å². The van der Waals surface area contributed by atoms with E-state index in [9.17, 15) is 38.1 Å². The lowest BCUT2D eigenvalue weighted by Gasteiger charge is -2.56. The maximum Gasteiger partial charge on any atom is 0.297 e. The topological polar surface area (TPSA) is 216 Å². The molecule has 3 aliphatic heterocycles. The summed E-state index contributed by atoms with van der Waals surface area (Å²) in [5, 5.41) is 36.2. The van der Waals surface area contributed by atoms with E-state index in [4.69, 9.17) is 9.47 Å². The monoisotopic (exact) mass is 960 g/mol. The van der Waals surface area contributed by atoms with Crippen LogP contribution in [-0.4, -0.2) is 83.1 Å². The number of likely N-dealkylation sites (tertiary alicyclic amines) is 1. The highest BCUT2D eigenvalue weighted by Gasteiger charge is 2.50. The van der Waals surface area contributed by atoms with Crippen LogP contribution in [0.1, 0.15) is 124 Å². The number of pyridine rings is 1. The van der Waals surface area contributed by atoms with Crippen molar-refractivity contribution in [2.45, 2.75) is 120 Å². The molecule has 0 radical (unpaired) electrons. The minimum absolute atomic E-state index is 0.0344. The smallest absolute Gasteiger partial charge is 0.297 e. The first-order valence-corrected chi connectivity index (χ1v) is 25.5. The lowest BCUT2D eigenvalue weighted by Crippen LogP contribution is -2.54. The molecule has 2 saturated carbocycles. The number of nitrogens with one attached hydrogen (secondary N) is 3. The van der Waals surface area contributed by atoms with Crippen molar-refractivity contribution in [3.05, 3.63) is 105 Å². The van der Waals surface area contributed by atoms with Crippen LogP contribution in [0.4, 0.5) is 21.5 Å². The van der Waals surface area contributed by atoms with Gasteiger partial charge in [0.05, 0.1) is 32.4 Å². The zero-order valence-corrected chi connectivity index (χ0v) is 39.8. The molecule has 2 saturated heterocycles. The highest BCUT2D eigenvalue weighted by atomic mass is 32.2. The molecule has 362 valence electrons. The van der Waals surface area contributed by atoms with Gasteiger partial charge in [0.15, 0.2) is 22.9 Å². The van der Waals surface area contributed by atoms with Crippen LogP contribution in [0.5, 0.6) is 17.2 Å². The first kappa shape index (κ1) is 46.4. The Morgan fingerprint density at radius 2 is 1.81 bits per heavy atom. The lowest BCUT2D eigenvalue weighted by molar-refractivity contribution is -0.384. The number of aromatic nitrogens is 2. The molecule has 10 rings (SSSR count). The molecule has 4 fully saturated rings. The second-order valence-corrected chi connectivity index (χ2v) is 22.1. The Kier molecular flexibility index (Phi) is 12.1. The van der Waals surface area contributed by atoms with Gasteiger partial charge >= 0.3 is 0 Å². The number of aliphatic hydroxyl groups is 1. The van der Waals surface area contributed by atoms with Crippen LogP contribution in [0.3, 0.4) is 0 Å². The normalized spacial score (nSPS) is 23.7. The van der Waals surface area contributed by atoms with E-state index in [2.05, 4.69) is 67.9 Å². The van der Waals surface area contributed by atoms with E-state index in [-0.39, 0.29) is 69.2 Å². The minimum atomic E-state index is -4.78. The molecule has 5 aliphatic rings. The molecular formula is C51H57FN8O8S. The Balaban J connectivity index is 0.884. The molecule has 18 heteroatoms. The Hall–Kier alpha value is -6.29. The molecule has 2 atom stereocenters.